The van der Waals surface area contributed by atoms with Crippen LogP contribution in [0.15, 0.2) is 15.9 Å². The Labute approximate surface area is 121 Å². The van der Waals surface area contributed by atoms with Gasteiger partial charge in [0.1, 0.15) is 0 Å². The van der Waals surface area contributed by atoms with Crippen LogP contribution in [0, 0.1) is 5.92 Å². The first-order chi connectivity index (χ1) is 8.47. The second-order valence-electron chi connectivity index (χ2n) is 4.64. The van der Waals surface area contributed by atoms with E-state index in [0.717, 1.165) is 22.2 Å². The van der Waals surface area contributed by atoms with Crippen LogP contribution in [0.5, 0.6) is 0 Å². The summed E-state index contributed by atoms with van der Waals surface area (Å²) >= 11 is 4.90. The molecule has 1 N–H and O–H groups in total. The Bertz CT molecular complexity index is 493. The van der Waals surface area contributed by atoms with Gasteiger partial charge in [-0.2, -0.15) is 17.4 Å². The van der Waals surface area contributed by atoms with Gasteiger partial charge in [0.2, 0.25) is 0 Å². The van der Waals surface area contributed by atoms with E-state index in [1.54, 1.807) is 15.6 Å². The SMILES string of the molecule is CC1CCN(S(=O)(=O)NCc2cc(Br)cs2)CC1. The van der Waals surface area contributed by atoms with Gasteiger partial charge in [0.25, 0.3) is 10.2 Å². The van der Waals surface area contributed by atoms with Gasteiger partial charge in [0.05, 0.1) is 0 Å². The number of nitrogens with one attached hydrogen (secondary N) is 1. The van der Waals surface area contributed by atoms with Crippen LogP contribution in [0.25, 0.3) is 0 Å². The van der Waals surface area contributed by atoms with E-state index in [-0.39, 0.29) is 0 Å². The lowest BCUT2D eigenvalue weighted by Gasteiger charge is -2.29. The Balaban J connectivity index is 1.91. The number of nitrogens with zero attached hydrogens (tertiary/aromatic N) is 1. The number of rotatable bonds is 4. The van der Waals surface area contributed by atoms with Gasteiger partial charge in [0.15, 0.2) is 0 Å². The summed E-state index contributed by atoms with van der Waals surface area (Å²) in [5, 5.41) is 1.95. The molecule has 0 atom stereocenters. The molecule has 102 valence electrons. The second-order valence-corrected chi connectivity index (χ2v) is 8.31. The summed E-state index contributed by atoms with van der Waals surface area (Å²) < 4.78 is 29.4. The summed E-state index contributed by atoms with van der Waals surface area (Å²) in [6.45, 7) is 3.79. The van der Waals surface area contributed by atoms with Crippen LogP contribution in [0.2, 0.25) is 0 Å². The van der Waals surface area contributed by atoms with Crippen LogP contribution in [-0.4, -0.2) is 25.8 Å². The summed E-state index contributed by atoms with van der Waals surface area (Å²) in [6, 6.07) is 1.94. The Hall–Kier alpha value is 0.0500. The maximum Gasteiger partial charge on any atom is 0.279 e. The molecule has 18 heavy (non-hydrogen) atoms. The summed E-state index contributed by atoms with van der Waals surface area (Å²) in [6.07, 6.45) is 1.90. The minimum Gasteiger partial charge on any atom is -0.197 e. The molecule has 1 aliphatic heterocycles. The van der Waals surface area contributed by atoms with Crippen molar-refractivity contribution in [1.29, 1.82) is 0 Å². The van der Waals surface area contributed by atoms with Crippen molar-refractivity contribution in [2.45, 2.75) is 26.3 Å². The predicted octanol–water partition coefficient (Wildman–Crippen LogP) is 2.58. The molecular weight excluding hydrogens is 336 g/mol. The molecule has 1 fully saturated rings. The number of hydrogen-bond acceptors (Lipinski definition) is 3. The third-order valence-corrected chi connectivity index (χ3v) is 6.38. The highest BCUT2D eigenvalue weighted by atomic mass is 79.9. The Morgan fingerprint density at radius 2 is 2.17 bits per heavy atom. The van der Waals surface area contributed by atoms with Gasteiger partial charge < -0.3 is 0 Å². The van der Waals surface area contributed by atoms with Crippen LogP contribution in [0.3, 0.4) is 0 Å². The van der Waals surface area contributed by atoms with Gasteiger partial charge in [-0.1, -0.05) is 6.92 Å². The van der Waals surface area contributed by atoms with E-state index in [1.165, 1.54) is 0 Å². The Kier molecular flexibility index (Phi) is 4.82. The van der Waals surface area contributed by atoms with E-state index >= 15 is 0 Å². The average molecular weight is 353 g/mol. The van der Waals surface area contributed by atoms with Gasteiger partial charge in [0, 0.05) is 34.4 Å². The smallest absolute Gasteiger partial charge is 0.197 e. The van der Waals surface area contributed by atoms with Crippen LogP contribution in [0.4, 0.5) is 0 Å². The molecule has 0 bridgehead atoms. The van der Waals surface area contributed by atoms with Gasteiger partial charge in [-0.25, -0.2) is 0 Å². The van der Waals surface area contributed by atoms with Crippen molar-refractivity contribution in [3.8, 4) is 0 Å². The number of piperidine rings is 1. The summed E-state index contributed by atoms with van der Waals surface area (Å²) in [4.78, 5) is 1.01. The fourth-order valence-corrected chi connectivity index (χ4v) is 4.62. The molecule has 2 heterocycles. The quantitative estimate of drug-likeness (QED) is 0.905. The molecule has 0 spiro atoms. The van der Waals surface area contributed by atoms with Gasteiger partial charge in [-0.05, 0) is 40.8 Å². The fourth-order valence-electron chi connectivity index (χ4n) is 1.93. The molecule has 4 nitrogen and oxygen atoms in total. The third-order valence-electron chi connectivity index (χ3n) is 3.13. The minimum atomic E-state index is -3.32. The minimum absolute atomic E-state index is 0.366. The van der Waals surface area contributed by atoms with E-state index < -0.39 is 10.2 Å². The molecule has 0 aromatic carbocycles. The van der Waals surface area contributed by atoms with Crippen molar-refractivity contribution in [3.63, 3.8) is 0 Å². The number of hydrogen-bond donors (Lipinski definition) is 1. The summed E-state index contributed by atoms with van der Waals surface area (Å²) in [5.74, 6) is 0.629. The second kappa shape index (κ2) is 6.00. The largest absolute Gasteiger partial charge is 0.279 e. The highest BCUT2D eigenvalue weighted by Gasteiger charge is 2.25. The average Bonchev–Trinajstić information content (AvgIpc) is 2.73. The van der Waals surface area contributed by atoms with Crippen molar-refractivity contribution >= 4 is 37.5 Å². The monoisotopic (exact) mass is 352 g/mol. The van der Waals surface area contributed by atoms with Crippen LogP contribution < -0.4 is 4.72 Å². The highest BCUT2D eigenvalue weighted by molar-refractivity contribution is 9.10. The molecule has 1 aliphatic rings. The van der Waals surface area contributed by atoms with E-state index in [9.17, 15) is 8.42 Å². The maximum atomic E-state index is 12.1. The van der Waals surface area contributed by atoms with Crippen LogP contribution >= 0.6 is 27.3 Å². The maximum absolute atomic E-state index is 12.1. The molecular formula is C11H17BrN2O2S2. The molecule has 0 unspecified atom stereocenters. The van der Waals surface area contributed by atoms with Crippen LogP contribution in [0.1, 0.15) is 24.6 Å². The summed E-state index contributed by atoms with van der Waals surface area (Å²) in [5.41, 5.74) is 0. The lowest BCUT2D eigenvalue weighted by Crippen LogP contribution is -2.44. The molecule has 1 saturated heterocycles. The van der Waals surface area contributed by atoms with Crippen molar-refractivity contribution in [2.75, 3.05) is 13.1 Å². The first-order valence-corrected chi connectivity index (χ1v) is 9.06. The molecule has 0 aliphatic carbocycles. The van der Waals surface area contributed by atoms with E-state index in [4.69, 9.17) is 0 Å². The normalized spacial score (nSPS) is 19.2. The van der Waals surface area contributed by atoms with E-state index in [1.807, 2.05) is 11.4 Å². The summed E-state index contributed by atoms with van der Waals surface area (Å²) in [7, 11) is -3.32. The number of thiophene rings is 1. The van der Waals surface area contributed by atoms with Crippen molar-refractivity contribution in [1.82, 2.24) is 9.03 Å². The highest BCUT2D eigenvalue weighted by Crippen LogP contribution is 2.21. The van der Waals surface area contributed by atoms with Crippen molar-refractivity contribution in [2.24, 2.45) is 5.92 Å². The molecule has 2 rings (SSSR count). The van der Waals surface area contributed by atoms with Crippen molar-refractivity contribution in [3.05, 3.63) is 20.8 Å². The zero-order valence-corrected chi connectivity index (χ0v) is 13.4. The fraction of sp³-hybridized carbons (Fsp3) is 0.636. The molecule has 0 saturated carbocycles. The Morgan fingerprint density at radius 3 is 2.72 bits per heavy atom. The zero-order chi connectivity index (χ0) is 13.2. The lowest BCUT2D eigenvalue weighted by molar-refractivity contribution is 0.285. The third kappa shape index (κ3) is 3.77. The molecule has 0 radical (unpaired) electrons. The van der Waals surface area contributed by atoms with Gasteiger partial charge in [-0.15, -0.1) is 11.3 Å². The molecule has 1 aromatic rings. The first-order valence-electron chi connectivity index (χ1n) is 5.95. The van der Waals surface area contributed by atoms with Crippen LogP contribution in [-0.2, 0) is 16.8 Å². The molecule has 7 heteroatoms. The van der Waals surface area contributed by atoms with E-state index in [0.29, 0.717) is 25.6 Å². The van der Waals surface area contributed by atoms with E-state index in [2.05, 4.69) is 27.6 Å². The first kappa shape index (κ1) is 14.5. The Morgan fingerprint density at radius 1 is 1.50 bits per heavy atom. The predicted molar refractivity (Wildman–Crippen MR) is 77.7 cm³/mol. The number of halogens is 1. The standard InChI is InChI=1S/C11H17BrN2O2S2/c1-9-2-4-14(5-3-9)18(15,16)13-7-11-6-10(12)8-17-11/h6,8-9,13H,2-5,7H2,1H3. The molecule has 0 amide bonds. The van der Waals surface area contributed by atoms with Crippen molar-refractivity contribution < 1.29 is 8.42 Å². The topological polar surface area (TPSA) is 49.4 Å². The lowest BCUT2D eigenvalue weighted by atomic mass is 10.0. The van der Waals surface area contributed by atoms with Gasteiger partial charge >= 0.3 is 0 Å². The van der Waals surface area contributed by atoms with Gasteiger partial charge in [-0.3, -0.25) is 0 Å². The molecule has 1 aromatic heterocycles. The zero-order valence-electron chi connectivity index (χ0n) is 10.2.